The molecule has 2 atom stereocenters. The summed E-state index contributed by atoms with van der Waals surface area (Å²) in [6.45, 7) is 2.00. The molecule has 1 rings (SSSR count). The average molecular weight is 390 g/mol. The standard InChI is InChI=1S/C11H15Br2NO2.ClH/c1-2-3-9(15)10(14)6-4-7(12)11(16)8(13)5-6;/h4-5,9-10,15-16H,2-3,14H2,1H3;1H/t9-,10+;/m0./s1. The van der Waals surface area contributed by atoms with Crippen LogP contribution in [0.1, 0.15) is 31.4 Å². The van der Waals surface area contributed by atoms with Crippen molar-refractivity contribution in [3.8, 4) is 5.75 Å². The van der Waals surface area contributed by atoms with Gasteiger partial charge >= 0.3 is 0 Å². The van der Waals surface area contributed by atoms with Crippen molar-refractivity contribution in [3.63, 3.8) is 0 Å². The lowest BCUT2D eigenvalue weighted by molar-refractivity contribution is 0.134. The number of benzene rings is 1. The Morgan fingerprint density at radius 3 is 2.18 bits per heavy atom. The first-order chi connectivity index (χ1) is 7.47. The second kappa shape index (κ2) is 7.59. The number of aliphatic hydroxyl groups is 1. The van der Waals surface area contributed by atoms with Gasteiger partial charge in [0.1, 0.15) is 5.75 Å². The highest BCUT2D eigenvalue weighted by molar-refractivity contribution is 9.11. The maximum atomic E-state index is 9.80. The maximum absolute atomic E-state index is 9.80. The molecule has 0 amide bonds. The van der Waals surface area contributed by atoms with E-state index in [1.54, 1.807) is 12.1 Å². The number of hydrogen-bond donors (Lipinski definition) is 3. The highest BCUT2D eigenvalue weighted by Gasteiger charge is 2.18. The number of phenolic OH excluding ortho intramolecular Hbond substituents is 1. The summed E-state index contributed by atoms with van der Waals surface area (Å²) in [6, 6.07) is 3.01. The molecule has 0 unspecified atom stereocenters. The minimum Gasteiger partial charge on any atom is -0.506 e. The van der Waals surface area contributed by atoms with Gasteiger partial charge in [0.2, 0.25) is 0 Å². The lowest BCUT2D eigenvalue weighted by Gasteiger charge is -2.19. The Morgan fingerprint density at radius 1 is 1.29 bits per heavy atom. The Bertz CT molecular complexity index is 353. The van der Waals surface area contributed by atoms with Crippen LogP contribution in [0.5, 0.6) is 5.75 Å². The van der Waals surface area contributed by atoms with Gasteiger partial charge < -0.3 is 15.9 Å². The summed E-state index contributed by atoms with van der Waals surface area (Å²) in [7, 11) is 0. The van der Waals surface area contributed by atoms with Gasteiger partial charge in [-0.25, -0.2) is 0 Å². The normalized spacial score (nSPS) is 13.9. The quantitative estimate of drug-likeness (QED) is 0.738. The second-order valence-electron chi connectivity index (χ2n) is 3.71. The second-order valence-corrected chi connectivity index (χ2v) is 5.42. The van der Waals surface area contributed by atoms with Crippen molar-refractivity contribution in [3.05, 3.63) is 26.6 Å². The molecule has 0 saturated carbocycles. The predicted octanol–water partition coefficient (Wildman–Crippen LogP) is 3.50. The van der Waals surface area contributed by atoms with Crippen molar-refractivity contribution in [1.82, 2.24) is 0 Å². The van der Waals surface area contributed by atoms with Crippen LogP contribution in [-0.4, -0.2) is 16.3 Å². The van der Waals surface area contributed by atoms with Crippen LogP contribution in [0, 0.1) is 0 Å². The molecule has 0 aliphatic rings. The lowest BCUT2D eigenvalue weighted by Crippen LogP contribution is -2.25. The Hall–Kier alpha value is 0.190. The zero-order valence-corrected chi connectivity index (χ0v) is 13.3. The SMILES string of the molecule is CCC[C@H](O)[C@H](N)c1cc(Br)c(O)c(Br)c1.Cl. The third-order valence-corrected chi connectivity index (χ3v) is 3.63. The van der Waals surface area contributed by atoms with Crippen molar-refractivity contribution in [2.24, 2.45) is 5.73 Å². The number of aliphatic hydroxyl groups excluding tert-OH is 1. The van der Waals surface area contributed by atoms with E-state index in [0.29, 0.717) is 15.4 Å². The van der Waals surface area contributed by atoms with E-state index in [1.807, 2.05) is 6.92 Å². The molecule has 0 saturated heterocycles. The monoisotopic (exact) mass is 387 g/mol. The van der Waals surface area contributed by atoms with E-state index in [-0.39, 0.29) is 18.2 Å². The van der Waals surface area contributed by atoms with Crippen molar-refractivity contribution in [1.29, 1.82) is 0 Å². The first-order valence-electron chi connectivity index (χ1n) is 5.09. The lowest BCUT2D eigenvalue weighted by atomic mass is 9.99. The average Bonchev–Trinajstić information content (AvgIpc) is 2.24. The molecule has 3 nitrogen and oxygen atoms in total. The Morgan fingerprint density at radius 2 is 1.76 bits per heavy atom. The number of phenols is 1. The van der Waals surface area contributed by atoms with E-state index in [9.17, 15) is 10.2 Å². The molecule has 4 N–H and O–H groups in total. The van der Waals surface area contributed by atoms with E-state index in [1.165, 1.54) is 0 Å². The number of rotatable bonds is 4. The molecule has 0 aliphatic carbocycles. The van der Waals surface area contributed by atoms with Gasteiger partial charge in [-0.1, -0.05) is 13.3 Å². The van der Waals surface area contributed by atoms with Crippen molar-refractivity contribution >= 4 is 44.3 Å². The van der Waals surface area contributed by atoms with E-state index >= 15 is 0 Å². The molecule has 6 heteroatoms. The van der Waals surface area contributed by atoms with Gasteiger partial charge in [-0.15, -0.1) is 12.4 Å². The smallest absolute Gasteiger partial charge is 0.143 e. The number of halogens is 3. The van der Waals surface area contributed by atoms with Crippen LogP contribution in [0.15, 0.2) is 21.1 Å². The van der Waals surface area contributed by atoms with Crippen LogP contribution in [-0.2, 0) is 0 Å². The van der Waals surface area contributed by atoms with Crippen molar-refractivity contribution < 1.29 is 10.2 Å². The maximum Gasteiger partial charge on any atom is 0.143 e. The van der Waals surface area contributed by atoms with Crippen molar-refractivity contribution in [2.45, 2.75) is 31.9 Å². The summed E-state index contributed by atoms with van der Waals surface area (Å²) >= 11 is 6.47. The molecule has 0 bridgehead atoms. The van der Waals surface area contributed by atoms with Gasteiger partial charge in [0, 0.05) is 0 Å². The Labute approximate surface area is 124 Å². The van der Waals surface area contributed by atoms with Gasteiger partial charge in [0.05, 0.1) is 21.1 Å². The van der Waals surface area contributed by atoms with Gasteiger partial charge in [-0.3, -0.25) is 0 Å². The molecular weight excluding hydrogens is 373 g/mol. The third-order valence-electron chi connectivity index (χ3n) is 2.42. The molecule has 0 spiro atoms. The number of nitrogens with two attached hydrogens (primary N) is 1. The molecule has 1 aromatic rings. The number of aromatic hydroxyl groups is 1. The largest absolute Gasteiger partial charge is 0.506 e. The fourth-order valence-corrected chi connectivity index (χ4v) is 2.70. The fourth-order valence-electron chi connectivity index (χ4n) is 1.48. The summed E-state index contributed by atoms with van der Waals surface area (Å²) in [6.07, 6.45) is 0.986. The summed E-state index contributed by atoms with van der Waals surface area (Å²) in [5.74, 6) is 0.140. The molecule has 1 aromatic carbocycles. The van der Waals surface area contributed by atoms with Gasteiger partial charge in [-0.05, 0) is 56.0 Å². The van der Waals surface area contributed by atoms with Crippen LogP contribution >= 0.6 is 44.3 Å². The summed E-state index contributed by atoms with van der Waals surface area (Å²) < 4.78 is 1.13. The zero-order valence-electron chi connectivity index (χ0n) is 9.36. The number of hydrogen-bond acceptors (Lipinski definition) is 3. The first-order valence-corrected chi connectivity index (χ1v) is 6.67. The first kappa shape index (κ1) is 17.2. The van der Waals surface area contributed by atoms with Crippen molar-refractivity contribution in [2.75, 3.05) is 0 Å². The molecule has 98 valence electrons. The van der Waals surface area contributed by atoms with Gasteiger partial charge in [0.25, 0.3) is 0 Å². The molecular formula is C11H16Br2ClNO2. The molecule has 0 aromatic heterocycles. The Kier molecular flexibility index (Phi) is 7.67. The molecule has 0 fully saturated rings. The molecule has 0 radical (unpaired) electrons. The zero-order chi connectivity index (χ0) is 12.3. The van der Waals surface area contributed by atoms with Crippen LogP contribution in [0.2, 0.25) is 0 Å². The Balaban J connectivity index is 0.00000256. The molecule has 0 heterocycles. The van der Waals surface area contributed by atoms with Gasteiger partial charge in [0.15, 0.2) is 0 Å². The summed E-state index contributed by atoms with van der Waals surface area (Å²) in [4.78, 5) is 0. The topological polar surface area (TPSA) is 66.5 Å². The highest BCUT2D eigenvalue weighted by atomic mass is 79.9. The third kappa shape index (κ3) is 4.41. The summed E-state index contributed by atoms with van der Waals surface area (Å²) in [5.41, 5.74) is 6.73. The van der Waals surface area contributed by atoms with Crippen LogP contribution in [0.25, 0.3) is 0 Å². The predicted molar refractivity (Wildman–Crippen MR) is 78.6 cm³/mol. The fraction of sp³-hybridized carbons (Fsp3) is 0.455. The van der Waals surface area contributed by atoms with Crippen LogP contribution in [0.3, 0.4) is 0 Å². The molecule has 0 aliphatic heterocycles. The van der Waals surface area contributed by atoms with E-state index < -0.39 is 12.1 Å². The highest BCUT2D eigenvalue weighted by Crippen LogP contribution is 2.35. The van der Waals surface area contributed by atoms with E-state index in [2.05, 4.69) is 31.9 Å². The van der Waals surface area contributed by atoms with Crippen LogP contribution in [0.4, 0.5) is 0 Å². The van der Waals surface area contributed by atoms with E-state index in [4.69, 9.17) is 5.73 Å². The summed E-state index contributed by atoms with van der Waals surface area (Å²) in [5, 5.41) is 19.4. The minimum absolute atomic E-state index is 0. The van der Waals surface area contributed by atoms with E-state index in [0.717, 1.165) is 12.0 Å². The van der Waals surface area contributed by atoms with Crippen LogP contribution < -0.4 is 5.73 Å². The minimum atomic E-state index is -0.562. The molecule has 17 heavy (non-hydrogen) atoms. The van der Waals surface area contributed by atoms with Gasteiger partial charge in [-0.2, -0.15) is 0 Å².